The molecule has 0 unspecified atom stereocenters. The number of aliphatic hydroxyl groups excluding tert-OH is 1. The van der Waals surface area contributed by atoms with Crippen molar-refractivity contribution in [2.75, 3.05) is 89.1 Å². The van der Waals surface area contributed by atoms with Gasteiger partial charge in [-0.15, -0.1) is 16.4 Å². The van der Waals surface area contributed by atoms with Gasteiger partial charge in [0.25, 0.3) is 5.56 Å². The number of piperazine rings is 1. The number of nitrogens with zero attached hydrogens (tertiary/aromatic N) is 11. The molecule has 9 rings (SSSR count). The molecular weight excluding hydrogens is 1050 g/mol. The molecule has 0 radical (unpaired) electrons. The van der Waals surface area contributed by atoms with Gasteiger partial charge < -0.3 is 50.0 Å². The van der Waals surface area contributed by atoms with E-state index in [9.17, 15) is 33.9 Å². The maximum absolute atomic E-state index is 13.6. The number of aliphatic hydroxyl groups is 1. The van der Waals surface area contributed by atoms with Gasteiger partial charge in [0, 0.05) is 82.4 Å². The number of rotatable bonds is 25. The smallest absolute Gasteiger partial charge is 0.263 e. The Bertz CT molecular complexity index is 3190. The normalized spacial score (nSPS) is 16.6. The summed E-state index contributed by atoms with van der Waals surface area (Å²) in [5.74, 6) is -0.731. The number of ether oxygens (including phenoxy) is 3. The first kappa shape index (κ1) is 57.1. The second kappa shape index (κ2) is 27.1. The van der Waals surface area contributed by atoms with Crippen LogP contribution in [-0.2, 0) is 52.9 Å². The third-order valence-corrected chi connectivity index (χ3v) is 15.6. The highest BCUT2D eigenvalue weighted by molar-refractivity contribution is 7.13. The lowest BCUT2D eigenvalue weighted by atomic mass is 10.0. The number of Topliss-reactive ketones (excluding diaryl/α,β-unsaturated/α-hetero) is 1. The van der Waals surface area contributed by atoms with Crippen LogP contribution >= 0.6 is 11.3 Å². The van der Waals surface area contributed by atoms with Crippen molar-refractivity contribution in [1.82, 2.24) is 59.9 Å². The number of hydrogen-bond donors (Lipinski definition) is 4. The summed E-state index contributed by atoms with van der Waals surface area (Å²) in [5, 5.41) is 27.9. The Kier molecular flexibility index (Phi) is 19.3. The predicted octanol–water partition coefficient (Wildman–Crippen LogP) is 3.31. The van der Waals surface area contributed by atoms with Crippen molar-refractivity contribution in [3.63, 3.8) is 0 Å². The summed E-state index contributed by atoms with van der Waals surface area (Å²) >= 11 is 1.56. The maximum atomic E-state index is 13.6. The first-order chi connectivity index (χ1) is 38.8. The number of thiazole rings is 1. The number of fused-ring (bicyclic) bond motifs is 1. The molecule has 424 valence electrons. The molecule has 25 heteroatoms. The number of carbonyl (C=O) groups is 5. The van der Waals surface area contributed by atoms with Gasteiger partial charge in [-0.1, -0.05) is 42.3 Å². The molecule has 2 saturated heterocycles. The van der Waals surface area contributed by atoms with Crippen molar-refractivity contribution < 1.29 is 43.3 Å². The quantitative estimate of drug-likeness (QED) is 0.0473. The highest BCUT2D eigenvalue weighted by Gasteiger charge is 2.39. The lowest BCUT2D eigenvalue weighted by Crippen LogP contribution is -2.49. The van der Waals surface area contributed by atoms with Crippen molar-refractivity contribution in [3.8, 4) is 10.4 Å². The van der Waals surface area contributed by atoms with Crippen molar-refractivity contribution in [3.05, 3.63) is 98.9 Å². The number of β-amino-alcohol motifs (C(OH)–C–C–N with tert-alkyl or cyclic N) is 1. The fourth-order valence-electron chi connectivity index (χ4n) is 10.3. The number of anilines is 3. The van der Waals surface area contributed by atoms with E-state index in [1.807, 2.05) is 54.4 Å². The molecule has 24 nitrogen and oxygen atoms in total. The van der Waals surface area contributed by atoms with E-state index in [4.69, 9.17) is 19.2 Å². The Hall–Kier alpha value is -7.58. The van der Waals surface area contributed by atoms with Crippen LogP contribution in [0.2, 0.25) is 0 Å². The Morgan fingerprint density at radius 3 is 2.31 bits per heavy atom. The van der Waals surface area contributed by atoms with Crippen LogP contribution in [0.25, 0.3) is 21.5 Å². The number of aromatic nitrogens is 8. The van der Waals surface area contributed by atoms with Crippen LogP contribution in [-0.4, -0.2) is 175 Å². The van der Waals surface area contributed by atoms with E-state index in [-0.39, 0.29) is 80.6 Å². The number of pyridine rings is 2. The number of likely N-dealkylation sites (tertiary alicyclic amines) is 1. The molecule has 7 heterocycles. The fraction of sp³-hybridized carbons (Fsp3) is 0.491. The van der Waals surface area contributed by atoms with E-state index in [2.05, 4.69) is 46.1 Å². The first-order valence-electron chi connectivity index (χ1n) is 27.1. The molecule has 0 spiro atoms. The lowest BCUT2D eigenvalue weighted by Gasteiger charge is -2.36. The Balaban J connectivity index is 0.598. The molecular formula is C55H68N14O10S. The second-order valence-electron chi connectivity index (χ2n) is 20.2. The number of nitrogens with one attached hydrogen (secondary N) is 3. The van der Waals surface area contributed by atoms with E-state index < -0.39 is 24.0 Å². The van der Waals surface area contributed by atoms with E-state index in [1.165, 1.54) is 11.8 Å². The molecule has 80 heavy (non-hydrogen) atoms. The van der Waals surface area contributed by atoms with Gasteiger partial charge in [0.1, 0.15) is 24.1 Å². The molecule has 4 amide bonds. The molecule has 2 aliphatic heterocycles. The van der Waals surface area contributed by atoms with Gasteiger partial charge in [-0.3, -0.25) is 33.3 Å². The van der Waals surface area contributed by atoms with Crippen molar-refractivity contribution in [2.45, 2.75) is 97.0 Å². The molecule has 0 bridgehead atoms. The molecule has 3 aliphatic rings. The van der Waals surface area contributed by atoms with E-state index in [0.29, 0.717) is 99.4 Å². The molecule has 5 aromatic heterocycles. The molecule has 1 aliphatic carbocycles. The molecule has 6 aromatic rings. The third kappa shape index (κ3) is 14.4. The van der Waals surface area contributed by atoms with Gasteiger partial charge in [-0.2, -0.15) is 4.98 Å². The zero-order valence-electron chi connectivity index (χ0n) is 45.3. The van der Waals surface area contributed by atoms with Gasteiger partial charge in [0.15, 0.2) is 5.78 Å². The summed E-state index contributed by atoms with van der Waals surface area (Å²) in [5.41, 5.74) is 7.33. The summed E-state index contributed by atoms with van der Waals surface area (Å²) in [6.07, 6.45) is 9.03. The third-order valence-electron chi connectivity index (χ3n) is 14.6. The van der Waals surface area contributed by atoms with Gasteiger partial charge in [-0.05, 0) is 62.4 Å². The minimum Gasteiger partial charge on any atom is -0.391 e. The van der Waals surface area contributed by atoms with Gasteiger partial charge in [-0.25, -0.2) is 19.6 Å². The van der Waals surface area contributed by atoms with Crippen LogP contribution in [0, 0.1) is 13.8 Å². The second-order valence-corrected chi connectivity index (χ2v) is 21.0. The fourth-order valence-corrected chi connectivity index (χ4v) is 11.1. The molecule has 2 atom stereocenters. The van der Waals surface area contributed by atoms with Crippen LogP contribution < -0.4 is 26.4 Å². The number of benzene rings is 1. The molecule has 4 N–H and O–H groups in total. The zero-order valence-corrected chi connectivity index (χ0v) is 46.1. The Morgan fingerprint density at radius 1 is 0.850 bits per heavy atom. The summed E-state index contributed by atoms with van der Waals surface area (Å²) in [4.78, 5) is 102. The standard InChI is InChI=1S/C55H68N14O10S/c1-35-44-29-59-55(62-52(44)69(41-6-4-5-7-41)54(76)50(35)37(3)70)61-46-14-13-42(28-56-46)65-16-18-66(19-17-65)48(73)15-12-40-31-67(64-63-40)20-21-77-22-23-78-24-25-79-33-47(72)57-30-49(74)68-32-43(71)26-45(68)53(75)58-27-38-8-10-39(11-9-38)51-36(2)60-34-80-51/h8-11,13-14,28-29,31,34,41,43,45,71H,4-7,12,15-27,30,32-33H2,1-3H3,(H,57,72)(H,58,75)(H,56,59,61,62)/t43-,45+/m1/s1. The number of amides is 4. The average Bonchev–Trinajstić information content (AvgIpc) is 4.35. The predicted molar refractivity (Wildman–Crippen MR) is 296 cm³/mol. The highest BCUT2D eigenvalue weighted by atomic mass is 32.1. The van der Waals surface area contributed by atoms with E-state index >= 15 is 0 Å². The number of carbonyl (C=O) groups excluding carboxylic acids is 5. The Labute approximate surface area is 466 Å². The van der Waals surface area contributed by atoms with Crippen LogP contribution in [0.3, 0.4) is 0 Å². The van der Waals surface area contributed by atoms with E-state index in [0.717, 1.165) is 53.1 Å². The SMILES string of the molecule is CC(=O)c1c(C)c2cnc(Nc3ccc(N4CCN(C(=O)CCc5cn(CCOCCOCCOCC(=O)NCC(=O)N6C[C@H](O)C[C@H]6C(=O)NCc6ccc(-c7scnc7C)cc6)nn5)CC4)cn3)nc2n(C2CCCC2)c1=O. The highest BCUT2D eigenvalue weighted by Crippen LogP contribution is 2.33. The van der Waals surface area contributed by atoms with Gasteiger partial charge >= 0.3 is 0 Å². The summed E-state index contributed by atoms with van der Waals surface area (Å²) in [7, 11) is 0. The van der Waals surface area contributed by atoms with E-state index in [1.54, 1.807) is 45.4 Å². The molecule has 1 aromatic carbocycles. The van der Waals surface area contributed by atoms with Gasteiger partial charge in [0.2, 0.25) is 29.6 Å². The topological polar surface area (TPSA) is 283 Å². The van der Waals surface area contributed by atoms with Crippen molar-refractivity contribution in [1.29, 1.82) is 0 Å². The van der Waals surface area contributed by atoms with Crippen molar-refractivity contribution >= 4 is 69.2 Å². The molecule has 1 saturated carbocycles. The average molecular weight is 1120 g/mol. The monoisotopic (exact) mass is 1120 g/mol. The van der Waals surface area contributed by atoms with Crippen LogP contribution in [0.1, 0.15) is 84.4 Å². The van der Waals surface area contributed by atoms with Crippen LogP contribution in [0.4, 0.5) is 17.5 Å². The Morgan fingerprint density at radius 2 is 1.60 bits per heavy atom. The van der Waals surface area contributed by atoms with Gasteiger partial charge in [0.05, 0.1) is 91.5 Å². The molecule has 3 fully saturated rings. The number of ketones is 1. The van der Waals surface area contributed by atoms with Crippen LogP contribution in [0.5, 0.6) is 0 Å². The zero-order chi connectivity index (χ0) is 56.1. The maximum Gasteiger partial charge on any atom is 0.263 e. The summed E-state index contributed by atoms with van der Waals surface area (Å²) in [6.45, 7) is 9.07. The largest absolute Gasteiger partial charge is 0.391 e. The van der Waals surface area contributed by atoms with Crippen LogP contribution in [0.15, 0.2) is 65.3 Å². The summed E-state index contributed by atoms with van der Waals surface area (Å²) in [6, 6.07) is 10.7. The summed E-state index contributed by atoms with van der Waals surface area (Å²) < 4.78 is 20.0. The number of aryl methyl sites for hydroxylation is 3. The first-order valence-corrected chi connectivity index (χ1v) is 28.0. The lowest BCUT2D eigenvalue weighted by molar-refractivity contribution is -0.139. The minimum atomic E-state index is -0.857. The number of hydrogen-bond acceptors (Lipinski definition) is 19. The minimum absolute atomic E-state index is 0.00782. The van der Waals surface area contributed by atoms with Crippen molar-refractivity contribution in [2.24, 2.45) is 0 Å².